The van der Waals surface area contributed by atoms with Crippen molar-refractivity contribution in [3.8, 4) is 0 Å². The minimum atomic E-state index is -4.46. The lowest BCUT2D eigenvalue weighted by Crippen LogP contribution is -2.36. The summed E-state index contributed by atoms with van der Waals surface area (Å²) in [4.78, 5) is 27.6. The molecule has 0 saturated carbocycles. The predicted molar refractivity (Wildman–Crippen MR) is 50.4 cm³/mol. The van der Waals surface area contributed by atoms with E-state index >= 15 is 0 Å². The average Bonchev–Trinajstić information content (AvgIpc) is 2.10. The quantitative estimate of drug-likeness (QED) is 0.441. The highest BCUT2D eigenvalue weighted by molar-refractivity contribution is 7.46. The molecule has 0 spiro atoms. The normalized spacial score (nSPS) is 13.4. The highest BCUT2D eigenvalue weighted by atomic mass is 31.2. The molecular formula is C7H14NO5P. The molecule has 14 heavy (non-hydrogen) atoms. The third-order valence-corrected chi connectivity index (χ3v) is 1.95. The second kappa shape index (κ2) is 5.93. The first kappa shape index (κ1) is 13.3. The maximum absolute atomic E-state index is 10.8. The van der Waals surface area contributed by atoms with Crippen LogP contribution in [0, 0.1) is 0 Å². The van der Waals surface area contributed by atoms with Gasteiger partial charge in [-0.05, 0) is 12.5 Å². The van der Waals surface area contributed by atoms with E-state index in [9.17, 15) is 9.36 Å². The van der Waals surface area contributed by atoms with Crippen molar-refractivity contribution in [3.05, 3.63) is 12.7 Å². The minimum absolute atomic E-state index is 0.222. The molecule has 0 aliphatic heterocycles. The van der Waals surface area contributed by atoms with Gasteiger partial charge in [-0.3, -0.25) is 9.32 Å². The lowest BCUT2D eigenvalue weighted by atomic mass is 10.2. The Kier molecular flexibility index (Phi) is 5.64. The lowest BCUT2D eigenvalue weighted by molar-refractivity contribution is -0.117. The van der Waals surface area contributed by atoms with Crippen LogP contribution in [0.25, 0.3) is 0 Å². The van der Waals surface area contributed by atoms with E-state index in [1.165, 1.54) is 0 Å². The molecule has 0 bridgehead atoms. The Morgan fingerprint density at radius 3 is 2.64 bits per heavy atom. The fourth-order valence-corrected chi connectivity index (χ4v) is 1.08. The second-order valence-corrected chi connectivity index (χ2v) is 3.84. The van der Waals surface area contributed by atoms with E-state index in [-0.39, 0.29) is 6.61 Å². The third kappa shape index (κ3) is 6.80. The van der Waals surface area contributed by atoms with Crippen molar-refractivity contribution in [2.24, 2.45) is 0 Å². The number of hydrogen-bond acceptors (Lipinski definition) is 3. The maximum atomic E-state index is 10.8. The molecule has 82 valence electrons. The summed E-state index contributed by atoms with van der Waals surface area (Å²) < 4.78 is 14.6. The molecule has 1 atom stereocenters. The van der Waals surface area contributed by atoms with E-state index in [2.05, 4.69) is 16.4 Å². The summed E-state index contributed by atoms with van der Waals surface area (Å²) in [7, 11) is -4.46. The van der Waals surface area contributed by atoms with Crippen LogP contribution in [0.4, 0.5) is 0 Å². The lowest BCUT2D eigenvalue weighted by Gasteiger charge is -2.15. The van der Waals surface area contributed by atoms with Crippen molar-refractivity contribution in [2.45, 2.75) is 19.4 Å². The van der Waals surface area contributed by atoms with Gasteiger partial charge in [0.1, 0.15) is 0 Å². The summed E-state index contributed by atoms with van der Waals surface area (Å²) in [5.41, 5.74) is 0. The van der Waals surface area contributed by atoms with Gasteiger partial charge in [-0.2, -0.15) is 0 Å². The molecule has 1 amide bonds. The molecule has 0 heterocycles. The SMILES string of the molecule is C=CC(=O)NC(CC)COP(=O)(O)O. The minimum Gasteiger partial charge on any atom is -0.348 e. The number of carbonyl (C=O) groups is 1. The zero-order chi connectivity index (χ0) is 11.2. The number of nitrogens with one attached hydrogen (secondary N) is 1. The smallest absolute Gasteiger partial charge is 0.348 e. The summed E-state index contributed by atoms with van der Waals surface area (Å²) in [6.07, 6.45) is 1.60. The molecule has 0 aromatic carbocycles. The summed E-state index contributed by atoms with van der Waals surface area (Å²) in [6, 6.07) is -0.423. The van der Waals surface area contributed by atoms with Crippen molar-refractivity contribution < 1.29 is 23.7 Å². The zero-order valence-electron chi connectivity index (χ0n) is 7.84. The number of phosphoric acid groups is 1. The van der Waals surface area contributed by atoms with E-state index in [0.29, 0.717) is 6.42 Å². The topological polar surface area (TPSA) is 95.9 Å². The first-order valence-corrected chi connectivity index (χ1v) is 5.55. The molecule has 3 N–H and O–H groups in total. The molecule has 6 nitrogen and oxygen atoms in total. The molecular weight excluding hydrogens is 209 g/mol. The van der Waals surface area contributed by atoms with Gasteiger partial charge in [-0.25, -0.2) is 4.57 Å². The molecule has 0 fully saturated rings. The van der Waals surface area contributed by atoms with Gasteiger partial charge in [0.25, 0.3) is 0 Å². The van der Waals surface area contributed by atoms with Gasteiger partial charge in [-0.15, -0.1) is 0 Å². The van der Waals surface area contributed by atoms with Crippen LogP contribution in [0.5, 0.6) is 0 Å². The van der Waals surface area contributed by atoms with Gasteiger partial charge in [-0.1, -0.05) is 13.5 Å². The molecule has 0 radical (unpaired) electrons. The Labute approximate surface area is 82.2 Å². The average molecular weight is 223 g/mol. The monoisotopic (exact) mass is 223 g/mol. The highest BCUT2D eigenvalue weighted by Crippen LogP contribution is 2.35. The number of phosphoric ester groups is 1. The Hall–Kier alpha value is -0.680. The number of carbonyl (C=O) groups excluding carboxylic acids is 1. The molecule has 7 heteroatoms. The van der Waals surface area contributed by atoms with Crippen LogP contribution in [-0.4, -0.2) is 28.3 Å². The molecule has 0 aliphatic carbocycles. The Morgan fingerprint density at radius 2 is 2.29 bits per heavy atom. The van der Waals surface area contributed by atoms with Crippen molar-refractivity contribution in [1.29, 1.82) is 0 Å². The van der Waals surface area contributed by atoms with Crippen LogP contribution in [0.15, 0.2) is 12.7 Å². The van der Waals surface area contributed by atoms with E-state index in [1.807, 2.05) is 0 Å². The Balaban J connectivity index is 3.98. The van der Waals surface area contributed by atoms with E-state index in [1.54, 1.807) is 6.92 Å². The first-order chi connectivity index (χ1) is 6.39. The van der Waals surface area contributed by atoms with Gasteiger partial charge >= 0.3 is 7.82 Å². The van der Waals surface area contributed by atoms with Crippen LogP contribution in [0.3, 0.4) is 0 Å². The summed E-state index contributed by atoms with van der Waals surface area (Å²) in [5.74, 6) is -0.397. The Morgan fingerprint density at radius 1 is 1.71 bits per heavy atom. The van der Waals surface area contributed by atoms with Gasteiger partial charge in [0.2, 0.25) is 5.91 Å². The fraction of sp³-hybridized carbons (Fsp3) is 0.571. The maximum Gasteiger partial charge on any atom is 0.469 e. The van der Waals surface area contributed by atoms with Gasteiger partial charge in [0.05, 0.1) is 12.6 Å². The highest BCUT2D eigenvalue weighted by Gasteiger charge is 2.17. The van der Waals surface area contributed by atoms with E-state index < -0.39 is 19.8 Å². The van der Waals surface area contributed by atoms with Crippen LogP contribution in [0.1, 0.15) is 13.3 Å². The number of rotatable bonds is 6. The molecule has 0 saturated heterocycles. The van der Waals surface area contributed by atoms with Gasteiger partial charge < -0.3 is 15.1 Å². The van der Waals surface area contributed by atoms with Crippen molar-refractivity contribution in [1.82, 2.24) is 5.32 Å². The van der Waals surface area contributed by atoms with Crippen molar-refractivity contribution >= 4 is 13.7 Å². The summed E-state index contributed by atoms with van der Waals surface area (Å²) >= 11 is 0. The van der Waals surface area contributed by atoms with Gasteiger partial charge in [0.15, 0.2) is 0 Å². The largest absolute Gasteiger partial charge is 0.469 e. The Bertz CT molecular complexity index is 248. The van der Waals surface area contributed by atoms with Crippen molar-refractivity contribution in [3.63, 3.8) is 0 Å². The second-order valence-electron chi connectivity index (χ2n) is 2.60. The van der Waals surface area contributed by atoms with E-state index in [0.717, 1.165) is 6.08 Å². The fourth-order valence-electron chi connectivity index (χ4n) is 0.709. The standard InChI is InChI=1S/C7H14NO5P/c1-3-6(8-7(9)4-2)5-13-14(10,11)12/h4,6H,2-3,5H2,1H3,(H,8,9)(H2,10,11,12). The number of amides is 1. The van der Waals surface area contributed by atoms with Crippen LogP contribution >= 0.6 is 7.82 Å². The van der Waals surface area contributed by atoms with Gasteiger partial charge in [0, 0.05) is 0 Å². The predicted octanol–water partition coefficient (Wildman–Crippen LogP) is 0.176. The molecule has 1 unspecified atom stereocenters. The summed E-state index contributed by atoms with van der Waals surface area (Å²) in [5, 5.41) is 2.46. The van der Waals surface area contributed by atoms with Crippen LogP contribution in [0.2, 0.25) is 0 Å². The molecule has 0 aromatic heterocycles. The summed E-state index contributed by atoms with van der Waals surface area (Å²) in [6.45, 7) is 4.79. The zero-order valence-corrected chi connectivity index (χ0v) is 8.74. The molecule has 0 aromatic rings. The number of hydrogen-bond donors (Lipinski definition) is 3. The third-order valence-electron chi connectivity index (χ3n) is 1.47. The molecule has 0 rings (SSSR count). The van der Waals surface area contributed by atoms with Crippen LogP contribution < -0.4 is 5.32 Å². The van der Waals surface area contributed by atoms with E-state index in [4.69, 9.17) is 9.79 Å². The first-order valence-electron chi connectivity index (χ1n) is 4.02. The molecule has 0 aliphatic rings. The van der Waals surface area contributed by atoms with Crippen molar-refractivity contribution in [2.75, 3.05) is 6.61 Å². The van der Waals surface area contributed by atoms with Crippen LogP contribution in [-0.2, 0) is 13.9 Å².